The summed E-state index contributed by atoms with van der Waals surface area (Å²) in [5.41, 5.74) is -1.54. The van der Waals surface area contributed by atoms with E-state index < -0.39 is 29.6 Å². The third-order valence-electron chi connectivity index (χ3n) is 5.28. The number of ether oxygens (including phenoxy) is 2. The second-order valence-electron chi connectivity index (χ2n) is 6.32. The Morgan fingerprint density at radius 3 is 2.50 bits per heavy atom. The van der Waals surface area contributed by atoms with E-state index in [1.165, 1.54) is 4.90 Å². The van der Waals surface area contributed by atoms with Gasteiger partial charge >= 0.3 is 5.97 Å². The summed E-state index contributed by atoms with van der Waals surface area (Å²) < 4.78 is 10.5. The smallest absolute Gasteiger partial charge is 0.339 e. The molecule has 2 aliphatic rings. The number of nitrogens with zero attached hydrogens (tertiary/aromatic N) is 1. The van der Waals surface area contributed by atoms with Crippen LogP contribution in [0.2, 0.25) is 0 Å². The molecule has 3 atom stereocenters. The lowest BCUT2D eigenvalue weighted by atomic mass is 9.71. The molecule has 3 rings (SSSR count). The van der Waals surface area contributed by atoms with Gasteiger partial charge in [0.1, 0.15) is 5.75 Å². The van der Waals surface area contributed by atoms with E-state index in [1.807, 2.05) is 12.1 Å². The molecule has 6 nitrogen and oxygen atoms in total. The van der Waals surface area contributed by atoms with Gasteiger partial charge in [0.25, 0.3) is 0 Å². The summed E-state index contributed by atoms with van der Waals surface area (Å²) in [6.45, 7) is 1.45. The molecule has 0 aliphatic carbocycles. The van der Waals surface area contributed by atoms with Crippen molar-refractivity contribution in [3.8, 4) is 5.75 Å². The lowest BCUT2D eigenvalue weighted by Gasteiger charge is -2.53. The highest BCUT2D eigenvalue weighted by molar-refractivity contribution is 6.18. The molecule has 1 amide bonds. The molecule has 0 bridgehead atoms. The maximum Gasteiger partial charge on any atom is 0.339 e. The van der Waals surface area contributed by atoms with Crippen LogP contribution in [0.25, 0.3) is 0 Å². The molecule has 0 aromatic heterocycles. The zero-order valence-electron chi connectivity index (χ0n) is 13.6. The SMILES string of the molecule is COc1ccc(CN2C(=O)[C@H](CCCl)C3(C)OC(=O)C23CO)cc1. The third kappa shape index (κ3) is 2.06. The van der Waals surface area contributed by atoms with Gasteiger partial charge in [0, 0.05) is 12.4 Å². The van der Waals surface area contributed by atoms with Gasteiger partial charge in [0.05, 0.1) is 19.6 Å². The number of alkyl halides is 1. The molecule has 1 aromatic carbocycles. The minimum atomic E-state index is -1.33. The Bertz CT molecular complexity index is 663. The second kappa shape index (κ2) is 5.93. The number of aliphatic hydroxyl groups excluding tert-OH is 1. The fraction of sp³-hybridized carbons (Fsp3) is 0.529. The van der Waals surface area contributed by atoms with E-state index in [0.29, 0.717) is 12.2 Å². The first kappa shape index (κ1) is 17.0. The topological polar surface area (TPSA) is 76.1 Å². The largest absolute Gasteiger partial charge is 0.497 e. The molecule has 2 unspecified atom stereocenters. The fourth-order valence-electron chi connectivity index (χ4n) is 3.81. The monoisotopic (exact) mass is 353 g/mol. The van der Waals surface area contributed by atoms with Crippen LogP contribution < -0.4 is 4.74 Å². The van der Waals surface area contributed by atoms with Crippen LogP contribution in [0.4, 0.5) is 0 Å². The molecule has 0 spiro atoms. The number of fused-ring (bicyclic) bond motifs is 1. The number of aliphatic hydroxyl groups is 1. The van der Waals surface area contributed by atoms with Gasteiger partial charge < -0.3 is 19.5 Å². The molecular weight excluding hydrogens is 334 g/mol. The van der Waals surface area contributed by atoms with Crippen molar-refractivity contribution in [1.82, 2.24) is 4.90 Å². The van der Waals surface area contributed by atoms with Crippen molar-refractivity contribution in [1.29, 1.82) is 0 Å². The second-order valence-corrected chi connectivity index (χ2v) is 6.70. The Morgan fingerprint density at radius 2 is 2.00 bits per heavy atom. The number of esters is 1. The molecule has 24 heavy (non-hydrogen) atoms. The van der Waals surface area contributed by atoms with Gasteiger partial charge in [-0.2, -0.15) is 0 Å². The molecular formula is C17H20ClNO5. The first-order valence-corrected chi connectivity index (χ1v) is 8.32. The lowest BCUT2D eigenvalue weighted by Crippen LogP contribution is -2.76. The quantitative estimate of drug-likeness (QED) is 0.616. The van der Waals surface area contributed by atoms with Crippen LogP contribution in [0.1, 0.15) is 18.9 Å². The minimum Gasteiger partial charge on any atom is -0.497 e. The van der Waals surface area contributed by atoms with Crippen molar-refractivity contribution in [2.75, 3.05) is 19.6 Å². The molecule has 2 heterocycles. The number of likely N-dealkylation sites (tertiary alicyclic amines) is 1. The number of benzene rings is 1. The fourth-order valence-corrected chi connectivity index (χ4v) is 4.03. The molecule has 7 heteroatoms. The Kier molecular flexibility index (Phi) is 4.21. The summed E-state index contributed by atoms with van der Waals surface area (Å²) in [6, 6.07) is 7.23. The van der Waals surface area contributed by atoms with Gasteiger partial charge in [-0.1, -0.05) is 12.1 Å². The van der Waals surface area contributed by atoms with Gasteiger partial charge in [-0.05, 0) is 31.0 Å². The van der Waals surface area contributed by atoms with Gasteiger partial charge in [-0.25, -0.2) is 4.79 Å². The van der Waals surface area contributed by atoms with E-state index in [4.69, 9.17) is 21.1 Å². The number of hydrogen-bond donors (Lipinski definition) is 1. The van der Waals surface area contributed by atoms with E-state index in [2.05, 4.69) is 0 Å². The van der Waals surface area contributed by atoms with E-state index in [-0.39, 0.29) is 18.3 Å². The van der Waals surface area contributed by atoms with Gasteiger partial charge in [-0.3, -0.25) is 4.79 Å². The predicted octanol–water partition coefficient (Wildman–Crippen LogP) is 1.33. The van der Waals surface area contributed by atoms with E-state index in [1.54, 1.807) is 26.2 Å². The Morgan fingerprint density at radius 1 is 1.33 bits per heavy atom. The van der Waals surface area contributed by atoms with Crippen LogP contribution >= 0.6 is 11.6 Å². The maximum atomic E-state index is 12.9. The summed E-state index contributed by atoms with van der Waals surface area (Å²) in [4.78, 5) is 26.6. The number of carbonyl (C=O) groups is 2. The first-order valence-electron chi connectivity index (χ1n) is 7.79. The van der Waals surface area contributed by atoms with Crippen LogP contribution in [-0.2, 0) is 20.9 Å². The number of carbonyl (C=O) groups excluding carboxylic acids is 2. The van der Waals surface area contributed by atoms with Crippen LogP contribution in [-0.4, -0.2) is 52.6 Å². The van der Waals surface area contributed by atoms with Crippen molar-refractivity contribution in [3.05, 3.63) is 29.8 Å². The van der Waals surface area contributed by atoms with Crippen molar-refractivity contribution in [2.45, 2.75) is 31.0 Å². The van der Waals surface area contributed by atoms with Crippen LogP contribution in [0.3, 0.4) is 0 Å². The number of methoxy groups -OCH3 is 1. The number of amides is 1. The number of halogens is 1. The maximum absolute atomic E-state index is 12.9. The van der Waals surface area contributed by atoms with E-state index in [0.717, 1.165) is 5.56 Å². The highest BCUT2D eigenvalue weighted by Crippen LogP contribution is 2.55. The number of hydrogen-bond acceptors (Lipinski definition) is 5. The zero-order valence-corrected chi connectivity index (χ0v) is 14.4. The van der Waals surface area contributed by atoms with Crippen molar-refractivity contribution in [2.24, 2.45) is 5.92 Å². The van der Waals surface area contributed by atoms with Gasteiger partial charge in [0.15, 0.2) is 5.60 Å². The number of rotatable bonds is 6. The lowest BCUT2D eigenvalue weighted by molar-refractivity contribution is -0.239. The summed E-state index contributed by atoms with van der Waals surface area (Å²) in [6.07, 6.45) is 0.394. The molecule has 2 aliphatic heterocycles. The molecule has 2 fully saturated rings. The summed E-state index contributed by atoms with van der Waals surface area (Å²) in [5.74, 6) is -0.337. The highest BCUT2D eigenvalue weighted by Gasteiger charge is 2.79. The molecule has 0 saturated carbocycles. The van der Waals surface area contributed by atoms with Crippen molar-refractivity contribution in [3.63, 3.8) is 0 Å². The van der Waals surface area contributed by atoms with Crippen LogP contribution in [0, 0.1) is 5.92 Å². The Labute approximate surface area is 145 Å². The molecule has 1 N–H and O–H groups in total. The molecule has 2 saturated heterocycles. The standard InChI is InChI=1S/C17H20ClNO5/c1-16-13(7-8-18)14(21)19(17(16,10-20)15(22)24-16)9-11-3-5-12(23-2)6-4-11/h3-6,13,20H,7-10H2,1-2H3/t13-,16?,17?/m0/s1. The van der Waals surface area contributed by atoms with Crippen LogP contribution in [0.15, 0.2) is 24.3 Å². The van der Waals surface area contributed by atoms with Crippen molar-refractivity contribution >= 4 is 23.5 Å². The summed E-state index contributed by atoms with van der Waals surface area (Å²) in [7, 11) is 1.58. The average Bonchev–Trinajstić information content (AvgIpc) is 2.71. The van der Waals surface area contributed by atoms with Crippen molar-refractivity contribution < 1.29 is 24.2 Å². The Balaban J connectivity index is 1.95. The molecule has 1 aromatic rings. The molecule has 130 valence electrons. The summed E-state index contributed by atoms with van der Waals surface area (Å²) >= 11 is 5.82. The Hall–Kier alpha value is -1.79. The van der Waals surface area contributed by atoms with E-state index >= 15 is 0 Å². The highest BCUT2D eigenvalue weighted by atomic mass is 35.5. The minimum absolute atomic E-state index is 0.214. The van der Waals surface area contributed by atoms with Gasteiger partial charge in [-0.15, -0.1) is 11.6 Å². The van der Waals surface area contributed by atoms with E-state index in [9.17, 15) is 14.7 Å². The summed E-state index contributed by atoms with van der Waals surface area (Å²) in [5, 5.41) is 9.97. The predicted molar refractivity (Wildman–Crippen MR) is 86.7 cm³/mol. The zero-order chi connectivity index (χ0) is 17.5. The third-order valence-corrected chi connectivity index (χ3v) is 5.50. The van der Waals surface area contributed by atoms with Crippen LogP contribution in [0.5, 0.6) is 5.75 Å². The molecule has 0 radical (unpaired) electrons. The normalized spacial score (nSPS) is 31.5. The average molecular weight is 354 g/mol. The van der Waals surface area contributed by atoms with Gasteiger partial charge in [0.2, 0.25) is 11.4 Å². The first-order chi connectivity index (χ1) is 11.4.